The predicted molar refractivity (Wildman–Crippen MR) is 120 cm³/mol. The number of nitrogens with one attached hydrogen (secondary N) is 1. The van der Waals surface area contributed by atoms with E-state index < -0.39 is 0 Å². The fourth-order valence-corrected chi connectivity index (χ4v) is 3.83. The minimum Gasteiger partial charge on any atom is -0.379 e. The number of anilines is 1. The summed E-state index contributed by atoms with van der Waals surface area (Å²) in [6, 6.07) is 12.8. The number of morpholine rings is 1. The van der Waals surface area contributed by atoms with Gasteiger partial charge >= 0.3 is 0 Å². The molecule has 3 aromatic rings. The van der Waals surface area contributed by atoms with E-state index in [9.17, 15) is 4.79 Å². The van der Waals surface area contributed by atoms with Crippen LogP contribution >= 0.6 is 11.6 Å². The van der Waals surface area contributed by atoms with Gasteiger partial charge in [-0.25, -0.2) is 4.98 Å². The Labute approximate surface area is 181 Å². The molecule has 2 heterocycles. The van der Waals surface area contributed by atoms with Crippen LogP contribution in [0.5, 0.6) is 0 Å². The van der Waals surface area contributed by atoms with Gasteiger partial charge in [-0.3, -0.25) is 9.69 Å². The largest absolute Gasteiger partial charge is 0.379 e. The summed E-state index contributed by atoms with van der Waals surface area (Å²) >= 11 is 5.91. The summed E-state index contributed by atoms with van der Waals surface area (Å²) in [5.41, 5.74) is 3.32. The molecule has 1 fully saturated rings. The van der Waals surface area contributed by atoms with Gasteiger partial charge < -0.3 is 14.6 Å². The number of unbranched alkanes of at least 4 members (excludes halogenated alkanes) is 1. The normalized spacial score (nSPS) is 14.9. The SMILES string of the molecule is CCCCn1c(CN2CCOCC2)nc2cc(NC(=O)c3ccc(Cl)cc3)ccc21. The van der Waals surface area contributed by atoms with Crippen LogP contribution < -0.4 is 5.32 Å². The highest BCUT2D eigenvalue weighted by Crippen LogP contribution is 2.23. The molecule has 0 spiro atoms. The van der Waals surface area contributed by atoms with E-state index in [-0.39, 0.29) is 5.91 Å². The zero-order valence-corrected chi connectivity index (χ0v) is 18.0. The highest BCUT2D eigenvalue weighted by molar-refractivity contribution is 6.30. The molecule has 0 atom stereocenters. The number of fused-ring (bicyclic) bond motifs is 1. The Bertz CT molecular complexity index is 1010. The first-order valence-corrected chi connectivity index (χ1v) is 10.9. The van der Waals surface area contributed by atoms with E-state index >= 15 is 0 Å². The van der Waals surface area contributed by atoms with Crippen LogP contribution in [0.2, 0.25) is 5.02 Å². The number of imidazole rings is 1. The number of nitrogens with zero attached hydrogens (tertiary/aromatic N) is 3. The number of hydrogen-bond donors (Lipinski definition) is 1. The molecule has 1 saturated heterocycles. The fraction of sp³-hybridized carbons (Fsp3) is 0.391. The smallest absolute Gasteiger partial charge is 0.255 e. The van der Waals surface area contributed by atoms with Gasteiger partial charge in [0, 0.05) is 35.9 Å². The molecule has 1 amide bonds. The lowest BCUT2D eigenvalue weighted by atomic mass is 10.2. The van der Waals surface area contributed by atoms with E-state index in [0.29, 0.717) is 10.6 Å². The molecule has 6 nitrogen and oxygen atoms in total. The van der Waals surface area contributed by atoms with Gasteiger partial charge in [-0.05, 0) is 48.9 Å². The van der Waals surface area contributed by atoms with Gasteiger partial charge in [0.2, 0.25) is 0 Å². The lowest BCUT2D eigenvalue weighted by Gasteiger charge is -2.26. The van der Waals surface area contributed by atoms with E-state index in [1.54, 1.807) is 24.3 Å². The Kier molecular flexibility index (Phi) is 6.67. The number of amides is 1. The minimum absolute atomic E-state index is 0.162. The van der Waals surface area contributed by atoms with Crippen LogP contribution in [0.3, 0.4) is 0 Å². The number of hydrogen-bond acceptors (Lipinski definition) is 4. The van der Waals surface area contributed by atoms with Gasteiger partial charge in [0.05, 0.1) is 30.8 Å². The maximum atomic E-state index is 12.5. The van der Waals surface area contributed by atoms with Gasteiger partial charge in [-0.2, -0.15) is 0 Å². The second-order valence-electron chi connectivity index (χ2n) is 7.59. The molecule has 158 valence electrons. The molecule has 0 bridgehead atoms. The van der Waals surface area contributed by atoms with Gasteiger partial charge in [0.25, 0.3) is 5.91 Å². The Balaban J connectivity index is 1.57. The van der Waals surface area contributed by atoms with Gasteiger partial charge in [-0.1, -0.05) is 24.9 Å². The first-order chi connectivity index (χ1) is 14.6. The van der Waals surface area contributed by atoms with Crippen LogP contribution in [0.4, 0.5) is 5.69 Å². The lowest BCUT2D eigenvalue weighted by molar-refractivity contribution is 0.0326. The maximum absolute atomic E-state index is 12.5. The van der Waals surface area contributed by atoms with Crippen molar-refractivity contribution in [3.63, 3.8) is 0 Å². The molecule has 1 aliphatic heterocycles. The summed E-state index contributed by atoms with van der Waals surface area (Å²) < 4.78 is 7.79. The topological polar surface area (TPSA) is 59.4 Å². The molecule has 0 unspecified atom stereocenters. The second kappa shape index (κ2) is 9.60. The molecule has 0 radical (unpaired) electrons. The van der Waals surface area contributed by atoms with Crippen molar-refractivity contribution in [3.8, 4) is 0 Å². The zero-order chi connectivity index (χ0) is 20.9. The third-order valence-corrected chi connectivity index (χ3v) is 5.65. The number of carbonyl (C=O) groups excluding carboxylic acids is 1. The van der Waals surface area contributed by atoms with Crippen molar-refractivity contribution in [2.75, 3.05) is 31.6 Å². The Hall–Kier alpha value is -2.41. The van der Waals surface area contributed by atoms with Crippen LogP contribution in [0.25, 0.3) is 11.0 Å². The molecule has 1 aliphatic rings. The molecule has 7 heteroatoms. The summed E-state index contributed by atoms with van der Waals surface area (Å²) in [6.07, 6.45) is 2.24. The number of carbonyl (C=O) groups is 1. The van der Waals surface area contributed by atoms with E-state index in [2.05, 4.69) is 27.8 Å². The highest BCUT2D eigenvalue weighted by Gasteiger charge is 2.17. The average molecular weight is 427 g/mol. The monoisotopic (exact) mass is 426 g/mol. The number of rotatable bonds is 7. The van der Waals surface area contributed by atoms with E-state index in [1.807, 2.05) is 12.1 Å². The van der Waals surface area contributed by atoms with Crippen molar-refractivity contribution in [3.05, 3.63) is 58.9 Å². The molecule has 0 aliphatic carbocycles. The van der Waals surface area contributed by atoms with E-state index in [4.69, 9.17) is 21.3 Å². The van der Waals surface area contributed by atoms with Crippen molar-refractivity contribution in [2.45, 2.75) is 32.9 Å². The molecule has 1 aromatic heterocycles. The van der Waals surface area contributed by atoms with E-state index in [0.717, 1.165) is 74.8 Å². The Morgan fingerprint density at radius 3 is 2.67 bits per heavy atom. The number of aromatic nitrogens is 2. The van der Waals surface area contributed by atoms with Crippen LogP contribution in [0.1, 0.15) is 35.9 Å². The summed E-state index contributed by atoms with van der Waals surface area (Å²) in [7, 11) is 0. The second-order valence-corrected chi connectivity index (χ2v) is 8.02. The van der Waals surface area contributed by atoms with Crippen molar-refractivity contribution >= 4 is 34.2 Å². The Morgan fingerprint density at radius 1 is 1.17 bits per heavy atom. The number of halogens is 1. The zero-order valence-electron chi connectivity index (χ0n) is 17.2. The third kappa shape index (κ3) is 4.83. The summed E-state index contributed by atoms with van der Waals surface area (Å²) in [5, 5.41) is 3.57. The molecule has 0 saturated carbocycles. The molecular formula is C23H27ClN4O2. The molecule has 1 N–H and O–H groups in total. The molecule has 2 aromatic carbocycles. The summed E-state index contributed by atoms with van der Waals surface area (Å²) in [5.74, 6) is 0.909. The summed E-state index contributed by atoms with van der Waals surface area (Å²) in [4.78, 5) is 19.8. The minimum atomic E-state index is -0.162. The van der Waals surface area contributed by atoms with Gasteiger partial charge in [0.15, 0.2) is 0 Å². The standard InChI is InChI=1S/C23H27ClN4O2/c1-2-3-10-28-21-9-8-19(25-23(29)17-4-6-18(24)7-5-17)15-20(21)26-22(28)16-27-11-13-30-14-12-27/h4-9,15H,2-3,10-14,16H2,1H3,(H,25,29). The van der Waals surface area contributed by atoms with Crippen LogP contribution in [-0.4, -0.2) is 46.7 Å². The predicted octanol–water partition coefficient (Wildman–Crippen LogP) is 4.57. The van der Waals surface area contributed by atoms with Gasteiger partial charge in [-0.15, -0.1) is 0 Å². The van der Waals surface area contributed by atoms with Crippen molar-refractivity contribution < 1.29 is 9.53 Å². The van der Waals surface area contributed by atoms with Crippen molar-refractivity contribution in [1.29, 1.82) is 0 Å². The molecule has 30 heavy (non-hydrogen) atoms. The van der Waals surface area contributed by atoms with E-state index in [1.165, 1.54) is 0 Å². The number of benzene rings is 2. The maximum Gasteiger partial charge on any atom is 0.255 e. The van der Waals surface area contributed by atoms with Crippen LogP contribution in [0.15, 0.2) is 42.5 Å². The highest BCUT2D eigenvalue weighted by atomic mass is 35.5. The lowest BCUT2D eigenvalue weighted by Crippen LogP contribution is -2.36. The molecular weight excluding hydrogens is 400 g/mol. The fourth-order valence-electron chi connectivity index (χ4n) is 3.71. The Morgan fingerprint density at radius 2 is 1.93 bits per heavy atom. The number of aryl methyl sites for hydroxylation is 1. The van der Waals surface area contributed by atoms with Crippen molar-refractivity contribution in [2.24, 2.45) is 0 Å². The van der Waals surface area contributed by atoms with Crippen molar-refractivity contribution in [1.82, 2.24) is 14.5 Å². The average Bonchev–Trinajstić information content (AvgIpc) is 3.09. The quantitative estimate of drug-likeness (QED) is 0.601. The first kappa shape index (κ1) is 20.8. The molecule has 4 rings (SSSR count). The van der Waals surface area contributed by atoms with Crippen LogP contribution in [-0.2, 0) is 17.8 Å². The summed E-state index contributed by atoms with van der Waals surface area (Å²) in [6.45, 7) is 7.37. The van der Waals surface area contributed by atoms with Crippen LogP contribution in [0, 0.1) is 0 Å². The van der Waals surface area contributed by atoms with Gasteiger partial charge in [0.1, 0.15) is 5.82 Å². The third-order valence-electron chi connectivity index (χ3n) is 5.40. The number of ether oxygens (including phenoxy) is 1. The first-order valence-electron chi connectivity index (χ1n) is 10.5.